The van der Waals surface area contributed by atoms with E-state index in [1.54, 1.807) is 0 Å². The standard InChI is InChI=1S/C23H30N6.C2H6/c1-18-8-9-22-25-20(23(29(22)16-18)27-14-12-26(2)13-15-27)17-28-11-5-7-21(28)19-6-3-4-10-24-19;1-2/h3-4,6,8-10,16,21H,5,7,11-15,17H2,1-2H3;1-2H3. The van der Waals surface area contributed by atoms with Crippen molar-refractivity contribution in [2.24, 2.45) is 0 Å². The zero-order valence-corrected chi connectivity index (χ0v) is 19.5. The number of likely N-dealkylation sites (tertiary alicyclic amines) is 1. The van der Waals surface area contributed by atoms with Crippen molar-refractivity contribution < 1.29 is 0 Å². The summed E-state index contributed by atoms with van der Waals surface area (Å²) >= 11 is 0. The molecule has 5 heterocycles. The molecule has 0 saturated carbocycles. The largest absolute Gasteiger partial charge is 0.354 e. The van der Waals surface area contributed by atoms with Crippen LogP contribution in [0.25, 0.3) is 5.65 Å². The van der Waals surface area contributed by atoms with E-state index in [1.165, 1.54) is 35.6 Å². The van der Waals surface area contributed by atoms with Gasteiger partial charge in [0.1, 0.15) is 11.5 Å². The van der Waals surface area contributed by atoms with Gasteiger partial charge in [-0.05, 0) is 57.1 Å². The molecule has 0 bridgehead atoms. The van der Waals surface area contributed by atoms with Crippen LogP contribution in [0.5, 0.6) is 0 Å². The van der Waals surface area contributed by atoms with Crippen molar-refractivity contribution in [2.75, 3.05) is 44.7 Å². The van der Waals surface area contributed by atoms with Crippen LogP contribution < -0.4 is 4.90 Å². The van der Waals surface area contributed by atoms with Gasteiger partial charge in [0.25, 0.3) is 0 Å². The quantitative estimate of drug-likeness (QED) is 0.634. The van der Waals surface area contributed by atoms with E-state index in [0.29, 0.717) is 6.04 Å². The Morgan fingerprint density at radius 3 is 2.55 bits per heavy atom. The third-order valence-corrected chi connectivity index (χ3v) is 6.36. The van der Waals surface area contributed by atoms with Crippen LogP contribution in [0.3, 0.4) is 0 Å². The monoisotopic (exact) mass is 420 g/mol. The van der Waals surface area contributed by atoms with Crippen LogP contribution in [0.15, 0.2) is 42.7 Å². The fraction of sp³-hybridized carbons (Fsp3) is 0.520. The normalized spacial score (nSPS) is 20.1. The molecular formula is C25H36N6. The fourth-order valence-corrected chi connectivity index (χ4v) is 4.76. The summed E-state index contributed by atoms with van der Waals surface area (Å²) in [4.78, 5) is 17.2. The molecule has 2 aliphatic heterocycles. The van der Waals surface area contributed by atoms with E-state index in [0.717, 1.165) is 44.9 Å². The number of aryl methyl sites for hydroxylation is 1. The molecule has 0 aromatic carbocycles. The lowest BCUT2D eigenvalue weighted by Crippen LogP contribution is -2.45. The lowest BCUT2D eigenvalue weighted by Gasteiger charge is -2.34. The summed E-state index contributed by atoms with van der Waals surface area (Å²) < 4.78 is 2.31. The van der Waals surface area contributed by atoms with Gasteiger partial charge in [-0.3, -0.25) is 14.3 Å². The molecule has 1 unspecified atom stereocenters. The molecule has 166 valence electrons. The molecule has 3 aromatic heterocycles. The molecular weight excluding hydrogens is 384 g/mol. The summed E-state index contributed by atoms with van der Waals surface area (Å²) in [7, 11) is 2.21. The van der Waals surface area contributed by atoms with Gasteiger partial charge in [0.2, 0.25) is 0 Å². The van der Waals surface area contributed by atoms with Crippen LogP contribution >= 0.6 is 0 Å². The van der Waals surface area contributed by atoms with Crippen LogP contribution in [-0.4, -0.2) is 63.9 Å². The number of hydrogen-bond acceptors (Lipinski definition) is 5. The molecule has 6 heteroatoms. The van der Waals surface area contributed by atoms with E-state index in [9.17, 15) is 0 Å². The maximum absolute atomic E-state index is 5.09. The average molecular weight is 421 g/mol. The molecule has 0 aliphatic carbocycles. The SMILES string of the molecule is CC.Cc1ccc2nc(CN3CCCC3c3ccccn3)c(N3CCN(C)CC3)n2c1. The summed E-state index contributed by atoms with van der Waals surface area (Å²) in [6.07, 6.45) is 6.54. The maximum Gasteiger partial charge on any atom is 0.138 e. The van der Waals surface area contributed by atoms with Crippen molar-refractivity contribution in [3.05, 3.63) is 59.7 Å². The second-order valence-electron chi connectivity index (χ2n) is 8.49. The Bertz CT molecular complexity index is 974. The molecule has 0 spiro atoms. The summed E-state index contributed by atoms with van der Waals surface area (Å²) in [6.45, 7) is 12.4. The molecule has 0 radical (unpaired) electrons. The van der Waals surface area contributed by atoms with Crippen LogP contribution in [0.4, 0.5) is 5.82 Å². The van der Waals surface area contributed by atoms with E-state index < -0.39 is 0 Å². The molecule has 3 aromatic rings. The van der Waals surface area contributed by atoms with E-state index >= 15 is 0 Å². The van der Waals surface area contributed by atoms with E-state index in [2.05, 4.69) is 68.5 Å². The molecule has 31 heavy (non-hydrogen) atoms. The molecule has 0 amide bonds. The van der Waals surface area contributed by atoms with Gasteiger partial charge in [-0.25, -0.2) is 4.98 Å². The lowest BCUT2D eigenvalue weighted by atomic mass is 10.1. The van der Waals surface area contributed by atoms with Gasteiger partial charge in [-0.2, -0.15) is 0 Å². The number of anilines is 1. The Hall–Kier alpha value is -2.44. The first-order valence-electron chi connectivity index (χ1n) is 11.7. The Kier molecular flexibility index (Phi) is 6.88. The van der Waals surface area contributed by atoms with Crippen molar-refractivity contribution in [2.45, 2.75) is 46.2 Å². The molecule has 2 saturated heterocycles. The van der Waals surface area contributed by atoms with Gasteiger partial charge in [0, 0.05) is 45.1 Å². The van der Waals surface area contributed by atoms with Gasteiger partial charge >= 0.3 is 0 Å². The van der Waals surface area contributed by atoms with Gasteiger partial charge < -0.3 is 9.80 Å². The number of pyridine rings is 2. The predicted octanol–water partition coefficient (Wildman–Crippen LogP) is 4.15. The highest BCUT2D eigenvalue weighted by atomic mass is 15.3. The van der Waals surface area contributed by atoms with Crippen molar-refractivity contribution >= 4 is 11.5 Å². The fourth-order valence-electron chi connectivity index (χ4n) is 4.76. The highest BCUT2D eigenvalue weighted by molar-refractivity contribution is 5.57. The van der Waals surface area contributed by atoms with Crippen LogP contribution in [0.1, 0.15) is 49.7 Å². The van der Waals surface area contributed by atoms with Crippen molar-refractivity contribution in [3.8, 4) is 0 Å². The Morgan fingerprint density at radius 2 is 1.81 bits per heavy atom. The number of nitrogens with zero attached hydrogens (tertiary/aromatic N) is 6. The maximum atomic E-state index is 5.09. The summed E-state index contributed by atoms with van der Waals surface area (Å²) in [5.74, 6) is 1.28. The van der Waals surface area contributed by atoms with Crippen molar-refractivity contribution in [1.82, 2.24) is 24.2 Å². The number of rotatable bonds is 4. The third kappa shape index (κ3) is 4.60. The number of fused-ring (bicyclic) bond motifs is 1. The second kappa shape index (κ2) is 9.79. The molecule has 5 rings (SSSR count). The van der Waals surface area contributed by atoms with Crippen LogP contribution in [-0.2, 0) is 6.54 Å². The average Bonchev–Trinajstić information content (AvgIpc) is 3.41. The Labute approximate surface area is 186 Å². The minimum Gasteiger partial charge on any atom is -0.354 e. The zero-order chi connectivity index (χ0) is 21.8. The zero-order valence-electron chi connectivity index (χ0n) is 19.5. The van der Waals surface area contributed by atoms with Gasteiger partial charge in [-0.1, -0.05) is 26.0 Å². The molecule has 2 fully saturated rings. The molecule has 2 aliphatic rings. The molecule has 6 nitrogen and oxygen atoms in total. The molecule has 1 atom stereocenters. The number of likely N-dealkylation sites (N-methyl/N-ethyl adjacent to an activating group) is 1. The van der Waals surface area contributed by atoms with E-state index in [1.807, 2.05) is 26.1 Å². The topological polar surface area (TPSA) is 39.9 Å². The van der Waals surface area contributed by atoms with Crippen molar-refractivity contribution in [1.29, 1.82) is 0 Å². The molecule has 0 N–H and O–H groups in total. The van der Waals surface area contributed by atoms with Gasteiger partial charge in [0.05, 0.1) is 17.4 Å². The highest BCUT2D eigenvalue weighted by Crippen LogP contribution is 2.34. The minimum atomic E-state index is 0.392. The Morgan fingerprint density at radius 1 is 1.00 bits per heavy atom. The Balaban J connectivity index is 0.00000112. The number of aromatic nitrogens is 3. The number of imidazole rings is 1. The number of piperazine rings is 1. The van der Waals surface area contributed by atoms with Crippen molar-refractivity contribution in [3.63, 3.8) is 0 Å². The van der Waals surface area contributed by atoms with E-state index in [-0.39, 0.29) is 0 Å². The van der Waals surface area contributed by atoms with Gasteiger partial charge in [-0.15, -0.1) is 0 Å². The summed E-state index contributed by atoms with van der Waals surface area (Å²) in [5, 5.41) is 0. The van der Waals surface area contributed by atoms with Crippen LogP contribution in [0.2, 0.25) is 0 Å². The first-order chi connectivity index (χ1) is 15.2. The van der Waals surface area contributed by atoms with Gasteiger partial charge in [0.15, 0.2) is 0 Å². The van der Waals surface area contributed by atoms with Crippen LogP contribution in [0, 0.1) is 6.92 Å². The highest BCUT2D eigenvalue weighted by Gasteiger charge is 2.30. The third-order valence-electron chi connectivity index (χ3n) is 6.36. The first-order valence-corrected chi connectivity index (χ1v) is 11.7. The minimum absolute atomic E-state index is 0.392. The summed E-state index contributed by atoms with van der Waals surface area (Å²) in [6, 6.07) is 11.0. The first kappa shape index (κ1) is 21.8. The smallest absolute Gasteiger partial charge is 0.138 e. The predicted molar refractivity (Wildman–Crippen MR) is 128 cm³/mol. The number of hydrogen-bond donors (Lipinski definition) is 0. The lowest BCUT2D eigenvalue weighted by molar-refractivity contribution is 0.241. The van der Waals surface area contributed by atoms with E-state index in [4.69, 9.17) is 4.98 Å². The summed E-state index contributed by atoms with van der Waals surface area (Å²) in [5.41, 5.74) is 4.70. The second-order valence-corrected chi connectivity index (χ2v) is 8.49.